The van der Waals surface area contributed by atoms with Gasteiger partial charge in [0.25, 0.3) is 0 Å². The first-order valence-corrected chi connectivity index (χ1v) is 8.30. The van der Waals surface area contributed by atoms with Crippen LogP contribution in [0.2, 0.25) is 0 Å². The second-order valence-corrected chi connectivity index (χ2v) is 6.82. The molecule has 0 aliphatic carbocycles. The Morgan fingerprint density at radius 3 is 2.67 bits per heavy atom. The predicted octanol–water partition coefficient (Wildman–Crippen LogP) is 0.533. The highest BCUT2D eigenvalue weighted by Gasteiger charge is 2.24. The van der Waals surface area contributed by atoms with Crippen molar-refractivity contribution in [3.63, 3.8) is 0 Å². The number of rotatable bonds is 4. The van der Waals surface area contributed by atoms with Crippen molar-refractivity contribution < 1.29 is 18.4 Å². The lowest BCUT2D eigenvalue weighted by atomic mass is 10.2. The molecule has 10 heteroatoms. The normalized spacial score (nSPS) is 17.7. The van der Waals surface area contributed by atoms with Crippen LogP contribution < -0.4 is 10.5 Å². The molecule has 2 rings (SSSR count). The van der Waals surface area contributed by atoms with Crippen molar-refractivity contribution in [2.75, 3.05) is 31.0 Å². The van der Waals surface area contributed by atoms with Crippen molar-refractivity contribution in [1.29, 1.82) is 0 Å². The summed E-state index contributed by atoms with van der Waals surface area (Å²) in [6, 6.07) is 4.65. The standard InChI is InChI=1S/C11H15BrN4O4S/c12-9-7-8(11(13)14-17)1-2-10(9)15-21(18,19)16-3-5-20-6-4-16/h1-2,7,15,17H,3-6H2,(H2,13,14). The number of nitrogens with zero attached hydrogens (tertiary/aromatic N) is 2. The van der Waals surface area contributed by atoms with Crippen LogP contribution in [0.4, 0.5) is 5.69 Å². The molecule has 0 bridgehead atoms. The molecule has 21 heavy (non-hydrogen) atoms. The van der Waals surface area contributed by atoms with E-state index >= 15 is 0 Å². The lowest BCUT2D eigenvalue weighted by Crippen LogP contribution is -2.43. The van der Waals surface area contributed by atoms with Gasteiger partial charge in [0, 0.05) is 23.1 Å². The lowest BCUT2D eigenvalue weighted by molar-refractivity contribution is 0.0733. The smallest absolute Gasteiger partial charge is 0.301 e. The van der Waals surface area contributed by atoms with Gasteiger partial charge in [0.05, 0.1) is 18.9 Å². The van der Waals surface area contributed by atoms with Crippen molar-refractivity contribution in [1.82, 2.24) is 4.31 Å². The number of nitrogens with two attached hydrogens (primary N) is 1. The summed E-state index contributed by atoms with van der Waals surface area (Å²) in [4.78, 5) is 0. The molecule has 0 aromatic heterocycles. The zero-order valence-corrected chi connectivity index (χ0v) is 13.4. The first-order valence-electron chi connectivity index (χ1n) is 6.07. The minimum absolute atomic E-state index is 0.0571. The highest BCUT2D eigenvalue weighted by atomic mass is 79.9. The van der Waals surface area contributed by atoms with E-state index in [0.29, 0.717) is 42.0 Å². The molecule has 1 aromatic rings. The van der Waals surface area contributed by atoms with Crippen LogP contribution in [0.25, 0.3) is 0 Å². The number of amidine groups is 1. The number of benzene rings is 1. The average Bonchev–Trinajstić information content (AvgIpc) is 2.49. The lowest BCUT2D eigenvalue weighted by Gasteiger charge is -2.26. The molecule has 1 heterocycles. The summed E-state index contributed by atoms with van der Waals surface area (Å²) in [7, 11) is -3.64. The zero-order valence-electron chi connectivity index (χ0n) is 11.0. The highest BCUT2D eigenvalue weighted by molar-refractivity contribution is 9.10. The van der Waals surface area contributed by atoms with Gasteiger partial charge in [-0.05, 0) is 34.1 Å². The number of anilines is 1. The van der Waals surface area contributed by atoms with Gasteiger partial charge in [-0.1, -0.05) is 5.16 Å². The molecular weight excluding hydrogens is 364 g/mol. The van der Waals surface area contributed by atoms with E-state index in [1.54, 1.807) is 12.1 Å². The predicted molar refractivity (Wildman–Crippen MR) is 81.6 cm³/mol. The topological polar surface area (TPSA) is 117 Å². The molecule has 8 nitrogen and oxygen atoms in total. The molecule has 1 saturated heterocycles. The maximum Gasteiger partial charge on any atom is 0.301 e. The molecule has 0 atom stereocenters. The van der Waals surface area contributed by atoms with Gasteiger partial charge in [0.15, 0.2) is 5.84 Å². The van der Waals surface area contributed by atoms with Crippen molar-refractivity contribution in [3.8, 4) is 0 Å². The fourth-order valence-corrected chi connectivity index (χ4v) is 3.63. The van der Waals surface area contributed by atoms with Crippen LogP contribution in [0, 0.1) is 0 Å². The van der Waals surface area contributed by atoms with E-state index in [0.717, 1.165) is 0 Å². The van der Waals surface area contributed by atoms with E-state index in [2.05, 4.69) is 25.8 Å². The maximum absolute atomic E-state index is 12.2. The number of hydrogen-bond acceptors (Lipinski definition) is 5. The van der Waals surface area contributed by atoms with Gasteiger partial charge in [0.1, 0.15) is 0 Å². The summed E-state index contributed by atoms with van der Waals surface area (Å²) >= 11 is 3.26. The molecule has 0 saturated carbocycles. The number of oxime groups is 1. The summed E-state index contributed by atoms with van der Waals surface area (Å²) in [5.41, 5.74) is 6.32. The Kier molecular flexibility index (Phi) is 5.04. The van der Waals surface area contributed by atoms with E-state index in [-0.39, 0.29) is 5.84 Å². The van der Waals surface area contributed by atoms with Crippen LogP contribution in [0.1, 0.15) is 5.56 Å². The molecule has 0 spiro atoms. The minimum atomic E-state index is -3.64. The van der Waals surface area contributed by atoms with E-state index in [1.165, 1.54) is 10.4 Å². The molecule has 1 aliphatic rings. The molecule has 116 valence electrons. The second-order valence-electron chi connectivity index (χ2n) is 4.30. The molecule has 0 amide bonds. The molecule has 1 fully saturated rings. The van der Waals surface area contributed by atoms with Crippen LogP contribution in [-0.2, 0) is 14.9 Å². The Labute approximate surface area is 130 Å². The van der Waals surface area contributed by atoms with Gasteiger partial charge in [-0.2, -0.15) is 12.7 Å². The Hall–Kier alpha value is -1.36. The van der Waals surface area contributed by atoms with E-state index < -0.39 is 10.2 Å². The molecule has 0 radical (unpaired) electrons. The molecule has 0 unspecified atom stereocenters. The quantitative estimate of drug-likeness (QED) is 0.305. The Morgan fingerprint density at radius 2 is 2.10 bits per heavy atom. The van der Waals surface area contributed by atoms with Crippen molar-refractivity contribution in [3.05, 3.63) is 28.2 Å². The van der Waals surface area contributed by atoms with Crippen LogP contribution in [-0.4, -0.2) is 50.1 Å². The monoisotopic (exact) mass is 378 g/mol. The fourth-order valence-electron chi connectivity index (χ4n) is 1.81. The Bertz CT molecular complexity index is 644. The Balaban J connectivity index is 2.19. The third-order valence-electron chi connectivity index (χ3n) is 2.92. The first-order chi connectivity index (χ1) is 9.94. The minimum Gasteiger partial charge on any atom is -0.409 e. The van der Waals surface area contributed by atoms with Gasteiger partial charge < -0.3 is 15.7 Å². The molecule has 1 aromatic carbocycles. The van der Waals surface area contributed by atoms with Gasteiger partial charge in [-0.3, -0.25) is 4.72 Å². The fraction of sp³-hybridized carbons (Fsp3) is 0.364. The third-order valence-corrected chi connectivity index (χ3v) is 5.10. The Morgan fingerprint density at radius 1 is 1.43 bits per heavy atom. The summed E-state index contributed by atoms with van der Waals surface area (Å²) in [6.07, 6.45) is 0. The maximum atomic E-state index is 12.2. The molecular formula is C11H15BrN4O4S. The number of hydrogen-bond donors (Lipinski definition) is 3. The number of nitrogens with one attached hydrogen (secondary N) is 1. The number of halogens is 1. The third kappa shape index (κ3) is 3.84. The van der Waals surface area contributed by atoms with E-state index in [9.17, 15) is 8.42 Å². The average molecular weight is 379 g/mol. The van der Waals surface area contributed by atoms with Gasteiger partial charge >= 0.3 is 10.2 Å². The first kappa shape index (κ1) is 16.0. The van der Waals surface area contributed by atoms with Crippen LogP contribution in [0.3, 0.4) is 0 Å². The van der Waals surface area contributed by atoms with E-state index in [4.69, 9.17) is 15.7 Å². The summed E-state index contributed by atoms with van der Waals surface area (Å²) in [5, 5.41) is 11.5. The van der Waals surface area contributed by atoms with Crippen LogP contribution in [0.5, 0.6) is 0 Å². The SMILES string of the molecule is N/C(=N/O)c1ccc(NS(=O)(=O)N2CCOCC2)c(Br)c1. The van der Waals surface area contributed by atoms with Gasteiger partial charge in [0.2, 0.25) is 0 Å². The van der Waals surface area contributed by atoms with Crippen molar-refractivity contribution in [2.45, 2.75) is 0 Å². The second kappa shape index (κ2) is 6.60. The summed E-state index contributed by atoms with van der Waals surface area (Å²) in [5.74, 6) is -0.0571. The van der Waals surface area contributed by atoms with Crippen LogP contribution in [0.15, 0.2) is 27.8 Å². The summed E-state index contributed by atoms with van der Waals surface area (Å²) in [6.45, 7) is 1.39. The number of morpholine rings is 1. The van der Waals surface area contributed by atoms with Gasteiger partial charge in [-0.25, -0.2) is 0 Å². The van der Waals surface area contributed by atoms with Gasteiger partial charge in [-0.15, -0.1) is 0 Å². The highest BCUT2D eigenvalue weighted by Crippen LogP contribution is 2.25. The largest absolute Gasteiger partial charge is 0.409 e. The van der Waals surface area contributed by atoms with E-state index in [1.807, 2.05) is 0 Å². The molecule has 4 N–H and O–H groups in total. The molecule has 1 aliphatic heterocycles. The number of ether oxygens (including phenoxy) is 1. The zero-order chi connectivity index (χ0) is 15.5. The summed E-state index contributed by atoms with van der Waals surface area (Å²) < 4.78 is 33.9. The van der Waals surface area contributed by atoms with Crippen LogP contribution >= 0.6 is 15.9 Å². The van der Waals surface area contributed by atoms with Crippen molar-refractivity contribution in [2.24, 2.45) is 10.9 Å². The van der Waals surface area contributed by atoms with Crippen molar-refractivity contribution >= 4 is 37.7 Å².